The Morgan fingerprint density at radius 2 is 1.55 bits per heavy atom. The van der Waals surface area contributed by atoms with Gasteiger partial charge in [0.05, 0.1) is 15.9 Å². The van der Waals surface area contributed by atoms with Crippen molar-refractivity contribution in [2.24, 2.45) is 11.7 Å². The van der Waals surface area contributed by atoms with Crippen LogP contribution in [-0.4, -0.2) is 4.98 Å². The highest BCUT2D eigenvalue weighted by Crippen LogP contribution is 2.22. The second-order valence-electron chi connectivity index (χ2n) is 5.41. The van der Waals surface area contributed by atoms with E-state index in [1.165, 1.54) is 6.42 Å². The van der Waals surface area contributed by atoms with Gasteiger partial charge in [0.1, 0.15) is 0 Å². The first kappa shape index (κ1) is 26.0. The summed E-state index contributed by atoms with van der Waals surface area (Å²) in [4.78, 5) is 4.20. The Morgan fingerprint density at radius 1 is 1.18 bits per heavy atom. The first-order valence-corrected chi connectivity index (χ1v) is 8.69. The Morgan fingerprint density at radius 3 is 1.77 bits per heavy atom. The molecule has 0 amide bonds. The van der Waals surface area contributed by atoms with Gasteiger partial charge >= 0.3 is 0 Å². The summed E-state index contributed by atoms with van der Waals surface area (Å²) in [5.74, 6) is 0.833. The summed E-state index contributed by atoms with van der Waals surface area (Å²) in [7, 11) is 0. The van der Waals surface area contributed by atoms with Crippen LogP contribution in [0, 0.1) is 12.8 Å². The summed E-state index contributed by atoms with van der Waals surface area (Å²) >= 11 is 3.31. The molecule has 0 aromatic carbocycles. The van der Waals surface area contributed by atoms with Crippen LogP contribution in [0.15, 0.2) is 22.7 Å². The highest BCUT2D eigenvalue weighted by molar-refractivity contribution is 9.10. The maximum atomic E-state index is 5.65. The number of aryl methyl sites for hydroxylation is 1. The molecule has 0 aliphatic carbocycles. The quantitative estimate of drug-likeness (QED) is 0.606. The SMILES string of the molecule is C/C=C/C.CC(C)C.CCC.Cc1nc(CN)cc(N)c1Br. The molecule has 0 unspecified atom stereocenters. The molecule has 0 spiro atoms. The first-order chi connectivity index (χ1) is 10.2. The molecule has 0 radical (unpaired) electrons. The van der Waals surface area contributed by atoms with Crippen molar-refractivity contribution in [2.75, 3.05) is 5.73 Å². The van der Waals surface area contributed by atoms with Gasteiger partial charge in [-0.25, -0.2) is 0 Å². The van der Waals surface area contributed by atoms with E-state index >= 15 is 0 Å². The van der Waals surface area contributed by atoms with Gasteiger partial charge < -0.3 is 11.5 Å². The van der Waals surface area contributed by atoms with Gasteiger partial charge in [0.25, 0.3) is 0 Å². The lowest BCUT2D eigenvalue weighted by Crippen LogP contribution is -2.03. The second-order valence-corrected chi connectivity index (χ2v) is 6.21. The van der Waals surface area contributed by atoms with Crippen LogP contribution in [0.5, 0.6) is 0 Å². The van der Waals surface area contributed by atoms with Crippen molar-refractivity contribution in [1.29, 1.82) is 0 Å². The van der Waals surface area contributed by atoms with Crippen LogP contribution in [0.2, 0.25) is 0 Å². The average molecular weight is 374 g/mol. The number of halogens is 1. The molecule has 1 aromatic heterocycles. The van der Waals surface area contributed by atoms with E-state index in [2.05, 4.69) is 55.5 Å². The van der Waals surface area contributed by atoms with E-state index in [4.69, 9.17) is 11.5 Å². The van der Waals surface area contributed by atoms with Gasteiger partial charge in [-0.3, -0.25) is 4.98 Å². The molecule has 22 heavy (non-hydrogen) atoms. The Hall–Kier alpha value is -0.870. The van der Waals surface area contributed by atoms with Crippen LogP contribution >= 0.6 is 15.9 Å². The van der Waals surface area contributed by atoms with Crippen molar-refractivity contribution in [2.45, 2.75) is 68.4 Å². The maximum absolute atomic E-state index is 5.65. The van der Waals surface area contributed by atoms with Crippen molar-refractivity contribution in [1.82, 2.24) is 4.98 Å². The molecule has 1 heterocycles. The molecule has 4 heteroatoms. The van der Waals surface area contributed by atoms with E-state index in [1.54, 1.807) is 6.07 Å². The zero-order chi connectivity index (χ0) is 18.1. The Balaban J connectivity index is -0.000000273. The lowest BCUT2D eigenvalue weighted by Gasteiger charge is -2.03. The summed E-state index contributed by atoms with van der Waals surface area (Å²) in [6, 6.07) is 1.77. The van der Waals surface area contributed by atoms with E-state index < -0.39 is 0 Å². The third-order valence-corrected chi connectivity index (χ3v) is 2.78. The number of nitrogen functional groups attached to an aromatic ring is 1. The van der Waals surface area contributed by atoms with Crippen molar-refractivity contribution >= 4 is 21.6 Å². The molecule has 0 aliphatic heterocycles. The molecule has 4 N–H and O–H groups in total. The number of aromatic nitrogens is 1. The molecular weight excluding hydrogens is 338 g/mol. The van der Waals surface area contributed by atoms with Gasteiger partial charge in [-0.2, -0.15) is 0 Å². The molecule has 0 saturated carbocycles. The lowest BCUT2D eigenvalue weighted by molar-refractivity contribution is 0.737. The number of nitrogens with two attached hydrogens (primary N) is 2. The molecule has 0 aliphatic rings. The van der Waals surface area contributed by atoms with Crippen LogP contribution in [0.3, 0.4) is 0 Å². The zero-order valence-corrected chi connectivity index (χ0v) is 17.3. The monoisotopic (exact) mass is 373 g/mol. The standard InChI is InChI=1S/C7H10BrN3.C4H10.C4H8.C3H8/c1-4-7(8)6(10)2-5(3-9)11-4;1-4(2)3;1-3-4-2;1-3-2/h2H,3,9H2,1H3,(H2,10,11);4H,1-3H3;3-4H,1-2H3;3H2,1-2H3/b;;4-3+;. The van der Waals surface area contributed by atoms with Gasteiger partial charge in [0, 0.05) is 12.2 Å². The predicted molar refractivity (Wildman–Crippen MR) is 106 cm³/mol. The first-order valence-electron chi connectivity index (χ1n) is 7.90. The van der Waals surface area contributed by atoms with Crippen molar-refractivity contribution in [3.8, 4) is 0 Å². The van der Waals surface area contributed by atoms with Crippen LogP contribution in [0.4, 0.5) is 5.69 Å². The number of allylic oxidation sites excluding steroid dienone is 2. The van der Waals surface area contributed by atoms with Crippen LogP contribution in [0.1, 0.15) is 66.3 Å². The van der Waals surface area contributed by atoms with Gasteiger partial charge in [-0.05, 0) is 48.7 Å². The number of rotatable bonds is 1. The largest absolute Gasteiger partial charge is 0.398 e. The van der Waals surface area contributed by atoms with Crippen LogP contribution < -0.4 is 11.5 Å². The number of pyridine rings is 1. The highest BCUT2D eigenvalue weighted by atomic mass is 79.9. The van der Waals surface area contributed by atoms with Crippen molar-refractivity contribution in [3.63, 3.8) is 0 Å². The Labute approximate surface area is 146 Å². The number of hydrogen-bond acceptors (Lipinski definition) is 3. The van der Waals surface area contributed by atoms with Crippen LogP contribution in [0.25, 0.3) is 0 Å². The summed E-state index contributed by atoms with van der Waals surface area (Å²) in [5, 5.41) is 0. The molecular formula is C18H36BrN3. The summed E-state index contributed by atoms with van der Waals surface area (Å²) < 4.78 is 0.856. The zero-order valence-electron chi connectivity index (χ0n) is 15.7. The molecule has 1 rings (SSSR count). The fourth-order valence-electron chi connectivity index (χ4n) is 0.853. The second kappa shape index (κ2) is 18.2. The molecule has 0 fully saturated rings. The molecule has 0 bridgehead atoms. The lowest BCUT2D eigenvalue weighted by atomic mass is 10.3. The summed E-state index contributed by atoms with van der Waals surface area (Å²) in [6.45, 7) is 17.1. The maximum Gasteiger partial charge on any atom is 0.0617 e. The van der Waals surface area contributed by atoms with E-state index in [0.29, 0.717) is 12.2 Å². The van der Waals surface area contributed by atoms with Crippen LogP contribution in [-0.2, 0) is 6.54 Å². The number of nitrogens with zero attached hydrogens (tertiary/aromatic N) is 1. The van der Waals surface area contributed by atoms with E-state index in [0.717, 1.165) is 21.8 Å². The van der Waals surface area contributed by atoms with Gasteiger partial charge in [0.15, 0.2) is 0 Å². The third kappa shape index (κ3) is 19.1. The molecule has 1 aromatic rings. The van der Waals surface area contributed by atoms with Gasteiger partial charge in [-0.15, -0.1) is 0 Å². The van der Waals surface area contributed by atoms with E-state index in [1.807, 2.05) is 32.9 Å². The van der Waals surface area contributed by atoms with Crippen molar-refractivity contribution in [3.05, 3.63) is 34.1 Å². The molecule has 0 atom stereocenters. The molecule has 130 valence electrons. The van der Waals surface area contributed by atoms with Gasteiger partial charge in [-0.1, -0.05) is 53.2 Å². The minimum Gasteiger partial charge on any atom is -0.398 e. The summed E-state index contributed by atoms with van der Waals surface area (Å²) in [5.41, 5.74) is 13.5. The predicted octanol–water partition coefficient (Wildman–Crippen LogP) is 5.85. The summed E-state index contributed by atoms with van der Waals surface area (Å²) in [6.07, 6.45) is 5.25. The highest BCUT2D eigenvalue weighted by Gasteiger charge is 2.02. The number of hydrogen-bond donors (Lipinski definition) is 2. The van der Waals surface area contributed by atoms with E-state index in [9.17, 15) is 0 Å². The molecule has 3 nitrogen and oxygen atoms in total. The average Bonchev–Trinajstić information content (AvgIpc) is 2.44. The fraction of sp³-hybridized carbons (Fsp3) is 0.611. The Bertz CT molecular complexity index is 358. The number of anilines is 1. The van der Waals surface area contributed by atoms with E-state index in [-0.39, 0.29) is 0 Å². The van der Waals surface area contributed by atoms with Gasteiger partial charge in [0.2, 0.25) is 0 Å². The molecule has 0 saturated heterocycles. The minimum absolute atomic E-state index is 0.429. The Kier molecular flexibility index (Phi) is 21.5. The van der Waals surface area contributed by atoms with Crippen molar-refractivity contribution < 1.29 is 0 Å². The third-order valence-electron chi connectivity index (χ3n) is 1.75. The smallest absolute Gasteiger partial charge is 0.0617 e. The minimum atomic E-state index is 0.429. The fourth-order valence-corrected chi connectivity index (χ4v) is 1.06. The topological polar surface area (TPSA) is 64.9 Å². The normalized spacial score (nSPS) is 9.23.